The van der Waals surface area contributed by atoms with Gasteiger partial charge in [-0.1, -0.05) is 48.5 Å². The van der Waals surface area contributed by atoms with Gasteiger partial charge in [-0.3, -0.25) is 9.48 Å². The second-order valence-corrected chi connectivity index (χ2v) is 6.29. The lowest BCUT2D eigenvalue weighted by Gasteiger charge is -2.03. The maximum Gasteiger partial charge on any atom is 0.225 e. The molecule has 0 aliphatic carbocycles. The Bertz CT molecular complexity index is 1020. The Kier molecular flexibility index (Phi) is 4.51. The molecule has 130 valence electrons. The topological polar surface area (TPSA) is 62.7 Å². The van der Waals surface area contributed by atoms with Crippen LogP contribution in [0.4, 0.5) is 5.82 Å². The van der Waals surface area contributed by atoms with Gasteiger partial charge in [-0.15, -0.1) is 0 Å². The highest BCUT2D eigenvalue weighted by Gasteiger charge is 2.08. The van der Waals surface area contributed by atoms with Gasteiger partial charge in [0.25, 0.3) is 0 Å². The van der Waals surface area contributed by atoms with Gasteiger partial charge in [-0.05, 0) is 23.6 Å². The van der Waals surface area contributed by atoms with Crippen LogP contribution in [0.1, 0.15) is 17.5 Å². The molecule has 5 heteroatoms. The SMILES string of the molecule is O=C(CCc1c[nH]c2ccccc12)Nc1ccn(Cc2ccccc2)n1. The van der Waals surface area contributed by atoms with Crippen molar-refractivity contribution in [3.8, 4) is 0 Å². The zero-order valence-electron chi connectivity index (χ0n) is 14.4. The van der Waals surface area contributed by atoms with Crippen LogP contribution in [0.15, 0.2) is 73.1 Å². The molecule has 2 aromatic heterocycles. The van der Waals surface area contributed by atoms with E-state index in [9.17, 15) is 4.79 Å². The number of nitrogens with one attached hydrogen (secondary N) is 2. The van der Waals surface area contributed by atoms with Crippen molar-refractivity contribution in [2.45, 2.75) is 19.4 Å². The summed E-state index contributed by atoms with van der Waals surface area (Å²) in [6.07, 6.45) is 4.97. The van der Waals surface area contributed by atoms with Crippen molar-refractivity contribution in [1.29, 1.82) is 0 Å². The smallest absolute Gasteiger partial charge is 0.225 e. The molecule has 0 bridgehead atoms. The van der Waals surface area contributed by atoms with Crippen LogP contribution in [0.5, 0.6) is 0 Å². The van der Waals surface area contributed by atoms with Crippen molar-refractivity contribution >= 4 is 22.6 Å². The summed E-state index contributed by atoms with van der Waals surface area (Å²) >= 11 is 0. The summed E-state index contributed by atoms with van der Waals surface area (Å²) in [5.74, 6) is 0.560. The summed E-state index contributed by atoms with van der Waals surface area (Å²) in [5, 5.41) is 8.47. The highest BCUT2D eigenvalue weighted by molar-refractivity contribution is 5.90. The number of anilines is 1. The molecule has 4 aromatic rings. The van der Waals surface area contributed by atoms with Gasteiger partial charge in [-0.25, -0.2) is 0 Å². The second kappa shape index (κ2) is 7.27. The van der Waals surface area contributed by atoms with E-state index in [1.807, 2.05) is 59.5 Å². The molecule has 0 atom stereocenters. The maximum absolute atomic E-state index is 12.2. The number of aryl methyl sites for hydroxylation is 1. The van der Waals surface area contributed by atoms with Gasteiger partial charge >= 0.3 is 0 Å². The number of benzene rings is 2. The largest absolute Gasteiger partial charge is 0.361 e. The number of H-pyrrole nitrogens is 1. The van der Waals surface area contributed by atoms with E-state index in [4.69, 9.17) is 0 Å². The van der Waals surface area contributed by atoms with Crippen LogP contribution in [0, 0.1) is 0 Å². The summed E-state index contributed by atoms with van der Waals surface area (Å²) in [6, 6.07) is 20.1. The first-order valence-electron chi connectivity index (χ1n) is 8.70. The van der Waals surface area contributed by atoms with Crippen molar-refractivity contribution in [3.05, 3.63) is 84.2 Å². The molecule has 0 fully saturated rings. The van der Waals surface area contributed by atoms with Crippen LogP contribution in [0.2, 0.25) is 0 Å². The Morgan fingerprint density at radius 1 is 1.04 bits per heavy atom. The van der Waals surface area contributed by atoms with Gasteiger partial charge in [0.2, 0.25) is 5.91 Å². The van der Waals surface area contributed by atoms with E-state index < -0.39 is 0 Å². The number of fused-ring (bicyclic) bond motifs is 1. The highest BCUT2D eigenvalue weighted by atomic mass is 16.1. The van der Waals surface area contributed by atoms with Crippen LogP contribution in [-0.4, -0.2) is 20.7 Å². The van der Waals surface area contributed by atoms with E-state index in [0.717, 1.165) is 11.1 Å². The fraction of sp³-hybridized carbons (Fsp3) is 0.143. The molecular formula is C21H20N4O. The van der Waals surface area contributed by atoms with Gasteiger partial charge in [0.15, 0.2) is 5.82 Å². The Hall–Kier alpha value is -3.34. The third kappa shape index (κ3) is 3.67. The van der Waals surface area contributed by atoms with E-state index in [0.29, 0.717) is 25.2 Å². The molecule has 0 saturated carbocycles. The molecule has 0 saturated heterocycles. The average Bonchev–Trinajstić information content (AvgIpc) is 3.28. The minimum atomic E-state index is -0.0276. The van der Waals surface area contributed by atoms with Crippen LogP contribution in [0.3, 0.4) is 0 Å². The van der Waals surface area contributed by atoms with Crippen molar-refractivity contribution in [2.75, 3.05) is 5.32 Å². The molecule has 0 radical (unpaired) electrons. The summed E-state index contributed by atoms with van der Waals surface area (Å²) in [6.45, 7) is 0.687. The molecule has 2 aromatic carbocycles. The average molecular weight is 344 g/mol. The first-order valence-corrected chi connectivity index (χ1v) is 8.70. The number of rotatable bonds is 6. The van der Waals surface area contributed by atoms with Gasteiger partial charge in [0.05, 0.1) is 6.54 Å². The molecule has 0 aliphatic rings. The normalized spacial score (nSPS) is 10.9. The molecular weight excluding hydrogens is 324 g/mol. The van der Waals surface area contributed by atoms with E-state index >= 15 is 0 Å². The first-order chi connectivity index (χ1) is 12.8. The van der Waals surface area contributed by atoms with Crippen molar-refractivity contribution < 1.29 is 4.79 Å². The van der Waals surface area contributed by atoms with Gasteiger partial charge in [0.1, 0.15) is 0 Å². The summed E-state index contributed by atoms with van der Waals surface area (Å²) in [4.78, 5) is 15.5. The number of carbonyl (C=O) groups is 1. The van der Waals surface area contributed by atoms with E-state index in [1.165, 1.54) is 10.9 Å². The molecule has 1 amide bonds. The number of nitrogens with zero attached hydrogens (tertiary/aromatic N) is 2. The van der Waals surface area contributed by atoms with Crippen LogP contribution >= 0.6 is 0 Å². The van der Waals surface area contributed by atoms with Crippen molar-refractivity contribution in [2.24, 2.45) is 0 Å². The minimum absolute atomic E-state index is 0.0276. The molecule has 4 rings (SSSR count). The van der Waals surface area contributed by atoms with Crippen molar-refractivity contribution in [1.82, 2.24) is 14.8 Å². The molecule has 0 unspecified atom stereocenters. The molecule has 2 heterocycles. The first kappa shape index (κ1) is 16.1. The predicted octanol–water partition coefficient (Wildman–Crippen LogP) is 3.98. The number of hydrogen-bond donors (Lipinski definition) is 2. The number of carbonyl (C=O) groups excluding carboxylic acids is 1. The predicted molar refractivity (Wildman–Crippen MR) is 103 cm³/mol. The maximum atomic E-state index is 12.2. The summed E-state index contributed by atoms with van der Waals surface area (Å²) in [5.41, 5.74) is 3.43. The summed E-state index contributed by atoms with van der Waals surface area (Å²) in [7, 11) is 0. The lowest BCUT2D eigenvalue weighted by molar-refractivity contribution is -0.116. The molecule has 0 spiro atoms. The molecule has 5 nitrogen and oxygen atoms in total. The molecule has 0 aliphatic heterocycles. The molecule has 2 N–H and O–H groups in total. The Morgan fingerprint density at radius 2 is 1.85 bits per heavy atom. The van der Waals surface area contributed by atoms with E-state index in [2.05, 4.69) is 33.6 Å². The fourth-order valence-electron chi connectivity index (χ4n) is 3.08. The quantitative estimate of drug-likeness (QED) is 0.556. The zero-order chi connectivity index (χ0) is 17.8. The third-order valence-electron chi connectivity index (χ3n) is 4.39. The zero-order valence-corrected chi connectivity index (χ0v) is 14.4. The van der Waals surface area contributed by atoms with E-state index in [1.54, 1.807) is 0 Å². The number of aromatic nitrogens is 3. The minimum Gasteiger partial charge on any atom is -0.361 e. The van der Waals surface area contributed by atoms with Gasteiger partial charge in [0, 0.05) is 35.8 Å². The highest BCUT2D eigenvalue weighted by Crippen LogP contribution is 2.19. The standard InChI is InChI=1S/C21H20N4O/c26-21(11-10-17-14-22-19-9-5-4-8-18(17)19)23-20-12-13-25(24-20)15-16-6-2-1-3-7-16/h1-9,12-14,22H,10-11,15H2,(H,23,24,26). The van der Waals surface area contributed by atoms with Gasteiger partial charge in [-0.2, -0.15) is 5.10 Å². The third-order valence-corrected chi connectivity index (χ3v) is 4.39. The van der Waals surface area contributed by atoms with Crippen LogP contribution < -0.4 is 5.32 Å². The Labute approximate surface area is 151 Å². The second-order valence-electron chi connectivity index (χ2n) is 6.29. The number of aromatic amines is 1. The number of amides is 1. The Morgan fingerprint density at radius 3 is 2.73 bits per heavy atom. The number of hydrogen-bond acceptors (Lipinski definition) is 2. The monoisotopic (exact) mass is 344 g/mol. The number of para-hydroxylation sites is 1. The fourth-order valence-corrected chi connectivity index (χ4v) is 3.08. The lowest BCUT2D eigenvalue weighted by atomic mass is 10.1. The van der Waals surface area contributed by atoms with Crippen molar-refractivity contribution in [3.63, 3.8) is 0 Å². The Balaban J connectivity index is 1.33. The summed E-state index contributed by atoms with van der Waals surface area (Å²) < 4.78 is 1.82. The lowest BCUT2D eigenvalue weighted by Crippen LogP contribution is -2.13. The van der Waals surface area contributed by atoms with Crippen LogP contribution in [-0.2, 0) is 17.8 Å². The van der Waals surface area contributed by atoms with E-state index in [-0.39, 0.29) is 5.91 Å². The van der Waals surface area contributed by atoms with Gasteiger partial charge < -0.3 is 10.3 Å². The van der Waals surface area contributed by atoms with Crippen LogP contribution in [0.25, 0.3) is 10.9 Å². The molecule has 26 heavy (non-hydrogen) atoms.